The van der Waals surface area contributed by atoms with Gasteiger partial charge in [0.1, 0.15) is 0 Å². The molecule has 1 rings (SSSR count). The van der Waals surface area contributed by atoms with Gasteiger partial charge in [0.25, 0.3) is 0 Å². The molecule has 21 heavy (non-hydrogen) atoms. The zero-order valence-corrected chi connectivity index (χ0v) is 13.7. The van der Waals surface area contributed by atoms with Gasteiger partial charge in [-0.15, -0.1) is 0 Å². The Morgan fingerprint density at radius 3 is 2.24 bits per heavy atom. The Morgan fingerprint density at radius 2 is 1.81 bits per heavy atom. The molecule has 0 aliphatic carbocycles. The molecular weight excluding hydrogens is 290 g/mol. The van der Waals surface area contributed by atoms with Crippen molar-refractivity contribution in [2.45, 2.75) is 56.9 Å². The minimum atomic E-state index is -3.73. The topological polar surface area (TPSA) is 83.5 Å². The van der Waals surface area contributed by atoms with Gasteiger partial charge in [-0.2, -0.15) is 0 Å². The molecule has 118 valence electrons. The minimum Gasteiger partial charge on any atom is -0.481 e. The number of carbonyl (C=O) groups is 1. The first-order chi connectivity index (χ1) is 9.57. The first-order valence-corrected chi connectivity index (χ1v) is 8.41. The van der Waals surface area contributed by atoms with Crippen LogP contribution < -0.4 is 4.72 Å². The normalized spacial score (nSPS) is 13.9. The summed E-state index contributed by atoms with van der Waals surface area (Å²) in [6.45, 7) is 7.25. The van der Waals surface area contributed by atoms with Crippen LogP contribution in [0.5, 0.6) is 0 Å². The van der Waals surface area contributed by atoms with E-state index in [1.807, 2.05) is 0 Å². The lowest BCUT2D eigenvalue weighted by Crippen LogP contribution is -2.44. The van der Waals surface area contributed by atoms with E-state index in [0.717, 1.165) is 12.0 Å². The predicted octanol–water partition coefficient (Wildman–Crippen LogP) is 2.73. The van der Waals surface area contributed by atoms with Crippen LogP contribution >= 0.6 is 0 Å². The van der Waals surface area contributed by atoms with Crippen molar-refractivity contribution in [3.63, 3.8) is 0 Å². The summed E-state index contributed by atoms with van der Waals surface area (Å²) >= 11 is 0. The Morgan fingerprint density at radius 1 is 1.29 bits per heavy atom. The summed E-state index contributed by atoms with van der Waals surface area (Å²) in [5, 5.41) is 8.81. The first-order valence-electron chi connectivity index (χ1n) is 6.93. The first kappa shape index (κ1) is 17.7. The number of sulfonamides is 1. The second-order valence-electron chi connectivity index (χ2n) is 5.94. The fourth-order valence-electron chi connectivity index (χ4n) is 2.05. The maximum atomic E-state index is 12.3. The van der Waals surface area contributed by atoms with Gasteiger partial charge in [0, 0.05) is 5.54 Å². The third kappa shape index (κ3) is 5.13. The molecule has 0 fully saturated rings. The molecule has 1 atom stereocenters. The van der Waals surface area contributed by atoms with E-state index in [2.05, 4.69) is 18.6 Å². The Kier molecular flexibility index (Phi) is 5.53. The van der Waals surface area contributed by atoms with Gasteiger partial charge in [0.05, 0.1) is 11.3 Å². The molecule has 0 heterocycles. The molecule has 0 saturated heterocycles. The average Bonchev–Trinajstić information content (AvgIpc) is 2.35. The zero-order chi connectivity index (χ0) is 16.3. The third-order valence-electron chi connectivity index (χ3n) is 3.38. The van der Waals surface area contributed by atoms with Crippen LogP contribution in [-0.4, -0.2) is 25.0 Å². The molecule has 0 saturated carbocycles. The fourth-order valence-corrected chi connectivity index (χ4v) is 3.46. The van der Waals surface area contributed by atoms with Crippen molar-refractivity contribution in [3.05, 3.63) is 29.8 Å². The van der Waals surface area contributed by atoms with E-state index in [4.69, 9.17) is 5.11 Å². The molecule has 6 heteroatoms. The van der Waals surface area contributed by atoms with E-state index in [-0.39, 0.29) is 11.3 Å². The second kappa shape index (κ2) is 6.58. The van der Waals surface area contributed by atoms with Crippen LogP contribution in [0.25, 0.3) is 0 Å². The predicted molar refractivity (Wildman–Crippen MR) is 81.8 cm³/mol. The van der Waals surface area contributed by atoms with Gasteiger partial charge in [-0.1, -0.05) is 26.0 Å². The molecule has 0 radical (unpaired) electrons. The molecular formula is C15H23NO4S. The van der Waals surface area contributed by atoms with Crippen LogP contribution in [0.2, 0.25) is 0 Å². The van der Waals surface area contributed by atoms with Crippen molar-refractivity contribution in [2.75, 3.05) is 0 Å². The molecule has 5 nitrogen and oxygen atoms in total. The van der Waals surface area contributed by atoms with Gasteiger partial charge in [0.2, 0.25) is 10.0 Å². The van der Waals surface area contributed by atoms with Crippen molar-refractivity contribution in [1.82, 2.24) is 4.72 Å². The number of carboxylic acids is 1. The second-order valence-corrected chi connectivity index (χ2v) is 7.62. The maximum absolute atomic E-state index is 12.3. The van der Waals surface area contributed by atoms with Crippen molar-refractivity contribution in [1.29, 1.82) is 0 Å². The molecule has 0 amide bonds. The largest absolute Gasteiger partial charge is 0.481 e. The Hall–Kier alpha value is -1.40. The van der Waals surface area contributed by atoms with Crippen molar-refractivity contribution in [2.24, 2.45) is 0 Å². The number of nitrogens with one attached hydrogen (secondary N) is 1. The number of aliphatic carboxylic acids is 1. The molecule has 1 unspecified atom stereocenters. The number of carboxylic acid groups (broad SMARTS) is 1. The van der Waals surface area contributed by atoms with Crippen LogP contribution in [0.4, 0.5) is 0 Å². The van der Waals surface area contributed by atoms with Crippen LogP contribution in [-0.2, 0) is 14.8 Å². The van der Waals surface area contributed by atoms with Crippen LogP contribution in [0, 0.1) is 0 Å². The highest BCUT2D eigenvalue weighted by Crippen LogP contribution is 2.21. The van der Waals surface area contributed by atoms with Crippen molar-refractivity contribution in [3.8, 4) is 0 Å². The maximum Gasteiger partial charge on any atom is 0.305 e. The van der Waals surface area contributed by atoms with Crippen LogP contribution in [0.15, 0.2) is 29.2 Å². The number of rotatable bonds is 7. The Bertz CT molecular complexity index is 591. The highest BCUT2D eigenvalue weighted by Gasteiger charge is 2.28. The number of benzene rings is 1. The monoisotopic (exact) mass is 313 g/mol. The fraction of sp³-hybridized carbons (Fsp3) is 0.533. The van der Waals surface area contributed by atoms with Gasteiger partial charge in [-0.05, 0) is 43.9 Å². The summed E-state index contributed by atoms with van der Waals surface area (Å²) in [6.07, 6.45) is 0.702. The van der Waals surface area contributed by atoms with Crippen molar-refractivity contribution < 1.29 is 18.3 Å². The van der Waals surface area contributed by atoms with E-state index in [1.54, 1.807) is 38.1 Å². The molecule has 2 N–H and O–H groups in total. The van der Waals surface area contributed by atoms with Crippen LogP contribution in [0.1, 0.15) is 52.0 Å². The quantitative estimate of drug-likeness (QED) is 0.810. The zero-order valence-electron chi connectivity index (χ0n) is 12.9. The summed E-state index contributed by atoms with van der Waals surface area (Å²) in [5.74, 6) is -0.673. The summed E-state index contributed by atoms with van der Waals surface area (Å²) in [5.41, 5.74) is 0.0429. The molecule has 0 bridgehead atoms. The van der Waals surface area contributed by atoms with Gasteiger partial charge >= 0.3 is 5.97 Å². The highest BCUT2D eigenvalue weighted by molar-refractivity contribution is 7.89. The number of hydrogen-bond donors (Lipinski definition) is 2. The summed E-state index contributed by atoms with van der Waals surface area (Å²) in [4.78, 5) is 10.9. The van der Waals surface area contributed by atoms with E-state index in [1.165, 1.54) is 0 Å². The van der Waals surface area contributed by atoms with E-state index in [9.17, 15) is 13.2 Å². The highest BCUT2D eigenvalue weighted by atomic mass is 32.2. The van der Waals surface area contributed by atoms with E-state index < -0.39 is 21.5 Å². The van der Waals surface area contributed by atoms with Crippen LogP contribution in [0.3, 0.4) is 0 Å². The average molecular weight is 313 g/mol. The lowest BCUT2D eigenvalue weighted by Gasteiger charge is -2.24. The third-order valence-corrected chi connectivity index (χ3v) is 5.09. The van der Waals surface area contributed by atoms with Gasteiger partial charge in [-0.25, -0.2) is 13.1 Å². The Labute approximate surface area is 126 Å². The molecule has 0 aliphatic rings. The number of hydrogen-bond acceptors (Lipinski definition) is 3. The minimum absolute atomic E-state index is 0.146. The summed E-state index contributed by atoms with van der Waals surface area (Å²) in [6, 6.07) is 6.71. The van der Waals surface area contributed by atoms with Gasteiger partial charge in [-0.3, -0.25) is 4.79 Å². The summed E-state index contributed by atoms with van der Waals surface area (Å²) in [7, 11) is -3.73. The van der Waals surface area contributed by atoms with Gasteiger partial charge in [0.15, 0.2) is 0 Å². The molecule has 0 spiro atoms. The van der Waals surface area contributed by atoms with E-state index in [0.29, 0.717) is 5.92 Å². The SMILES string of the molecule is CCC(C)c1ccc(S(=O)(=O)NC(C)(C)CC(=O)O)cc1. The molecule has 1 aromatic carbocycles. The molecule has 1 aromatic rings. The lowest BCUT2D eigenvalue weighted by atomic mass is 9.99. The smallest absolute Gasteiger partial charge is 0.305 e. The Balaban J connectivity index is 2.95. The van der Waals surface area contributed by atoms with Gasteiger partial charge < -0.3 is 5.11 Å². The standard InChI is InChI=1S/C15H23NO4S/c1-5-11(2)12-6-8-13(9-7-12)21(19,20)16-15(3,4)10-14(17)18/h6-9,11,16H,5,10H2,1-4H3,(H,17,18). The molecule has 0 aromatic heterocycles. The van der Waals surface area contributed by atoms with E-state index >= 15 is 0 Å². The summed E-state index contributed by atoms with van der Waals surface area (Å²) < 4.78 is 27.0. The lowest BCUT2D eigenvalue weighted by molar-refractivity contribution is -0.138. The molecule has 0 aliphatic heterocycles. The van der Waals surface area contributed by atoms with Crippen molar-refractivity contribution >= 4 is 16.0 Å².